The van der Waals surface area contributed by atoms with Gasteiger partial charge in [0, 0.05) is 11.6 Å². The Kier molecular flexibility index (Phi) is 3.88. The molecule has 0 atom stereocenters. The van der Waals surface area contributed by atoms with Crippen molar-refractivity contribution in [3.05, 3.63) is 23.8 Å². The van der Waals surface area contributed by atoms with E-state index in [1.54, 1.807) is 6.92 Å². The summed E-state index contributed by atoms with van der Waals surface area (Å²) in [4.78, 5) is 11.1. The molecule has 0 bridgehead atoms. The Hall–Kier alpha value is -2.04. The minimum atomic E-state index is -0.514. The normalized spacial score (nSPS) is 9.81. The highest BCUT2D eigenvalue weighted by Crippen LogP contribution is 2.23. The Morgan fingerprint density at radius 2 is 2.12 bits per heavy atom. The number of esters is 1. The van der Waals surface area contributed by atoms with Gasteiger partial charge in [-0.25, -0.2) is 0 Å². The monoisotopic (exact) mass is 223 g/mol. The molecule has 5 nitrogen and oxygen atoms in total. The second-order valence-corrected chi connectivity index (χ2v) is 3.16. The number of carbonyl (C=O) groups excluding carboxylic acids is 1. The zero-order valence-electron chi connectivity index (χ0n) is 8.86. The number of benzene rings is 1. The van der Waals surface area contributed by atoms with Crippen LogP contribution in [0.25, 0.3) is 0 Å². The number of hydrogen-bond donors (Lipinski definition) is 3. The summed E-state index contributed by atoms with van der Waals surface area (Å²) in [5.74, 6) is -0.834. The Morgan fingerprint density at radius 3 is 2.69 bits per heavy atom. The molecule has 0 aromatic heterocycles. The van der Waals surface area contributed by atoms with Crippen LogP contribution in [-0.2, 0) is 9.53 Å². The molecule has 0 spiro atoms. The maximum absolute atomic E-state index is 11.1. The minimum Gasteiger partial charge on any atom is -0.508 e. The summed E-state index contributed by atoms with van der Waals surface area (Å²) in [6.45, 7) is 1.94. The van der Waals surface area contributed by atoms with Gasteiger partial charge in [0.15, 0.2) is 0 Å². The van der Waals surface area contributed by atoms with Crippen LogP contribution in [0.5, 0.6) is 11.5 Å². The Balaban J connectivity index is 2.77. The average Bonchev–Trinajstić information content (AvgIpc) is 2.17. The van der Waals surface area contributed by atoms with Crippen LogP contribution < -0.4 is 0 Å². The molecule has 0 saturated heterocycles. The molecule has 0 aliphatic rings. The van der Waals surface area contributed by atoms with Crippen LogP contribution in [0.4, 0.5) is 0 Å². The van der Waals surface area contributed by atoms with Crippen LogP contribution >= 0.6 is 0 Å². The van der Waals surface area contributed by atoms with Crippen molar-refractivity contribution >= 4 is 11.7 Å². The van der Waals surface area contributed by atoms with Gasteiger partial charge >= 0.3 is 5.97 Å². The van der Waals surface area contributed by atoms with E-state index in [1.807, 2.05) is 0 Å². The zero-order valence-corrected chi connectivity index (χ0v) is 8.86. The lowest BCUT2D eigenvalue weighted by Gasteiger charge is -2.06. The first-order chi connectivity index (χ1) is 7.54. The summed E-state index contributed by atoms with van der Waals surface area (Å²) in [5.41, 5.74) is 0.168. The first-order valence-electron chi connectivity index (χ1n) is 4.80. The van der Waals surface area contributed by atoms with E-state index in [9.17, 15) is 9.90 Å². The molecule has 0 aliphatic carbocycles. The van der Waals surface area contributed by atoms with Crippen LogP contribution in [0.3, 0.4) is 0 Å². The van der Waals surface area contributed by atoms with Gasteiger partial charge in [-0.3, -0.25) is 4.79 Å². The first kappa shape index (κ1) is 12.0. The Morgan fingerprint density at radius 1 is 1.44 bits per heavy atom. The molecule has 86 valence electrons. The fourth-order valence-corrected chi connectivity index (χ4v) is 1.23. The summed E-state index contributed by atoms with van der Waals surface area (Å²) in [5, 5.41) is 26.1. The average molecular weight is 223 g/mol. The third kappa shape index (κ3) is 2.98. The molecule has 3 N–H and O–H groups in total. The Labute approximate surface area is 92.8 Å². The van der Waals surface area contributed by atoms with Crippen molar-refractivity contribution in [1.82, 2.24) is 0 Å². The fraction of sp³-hybridized carbons (Fsp3) is 0.273. The van der Waals surface area contributed by atoms with Gasteiger partial charge in [0.05, 0.1) is 18.7 Å². The highest BCUT2D eigenvalue weighted by atomic mass is 16.5. The number of phenolic OH excluding ortho intramolecular Hbond substituents is 2. The molecule has 1 rings (SSSR count). The van der Waals surface area contributed by atoms with Crippen molar-refractivity contribution in [1.29, 1.82) is 5.41 Å². The van der Waals surface area contributed by atoms with E-state index in [4.69, 9.17) is 10.5 Å². The molecular formula is C11H13NO4. The quantitative estimate of drug-likeness (QED) is 0.531. The topological polar surface area (TPSA) is 90.6 Å². The van der Waals surface area contributed by atoms with Crippen LogP contribution in [0.2, 0.25) is 0 Å². The standard InChI is InChI=1S/C11H13NO4/c1-2-16-11(15)6-9(12)8-4-3-7(13)5-10(8)14/h3-5,12-14H,2,6H2,1H3. The Bertz CT molecular complexity index is 414. The summed E-state index contributed by atoms with van der Waals surface area (Å²) in [6, 6.07) is 3.84. The number of phenols is 2. The van der Waals surface area contributed by atoms with Crippen molar-refractivity contribution < 1.29 is 19.7 Å². The van der Waals surface area contributed by atoms with E-state index < -0.39 is 5.97 Å². The van der Waals surface area contributed by atoms with Gasteiger partial charge in [-0.05, 0) is 19.1 Å². The SMILES string of the molecule is CCOC(=O)CC(=N)c1ccc(O)cc1O. The minimum absolute atomic E-state index is 0.0454. The predicted molar refractivity (Wildman–Crippen MR) is 57.9 cm³/mol. The van der Waals surface area contributed by atoms with Crippen LogP contribution in [0.1, 0.15) is 18.9 Å². The first-order valence-corrected chi connectivity index (χ1v) is 4.80. The lowest BCUT2D eigenvalue weighted by Crippen LogP contribution is -2.11. The number of nitrogens with one attached hydrogen (secondary N) is 1. The third-order valence-electron chi connectivity index (χ3n) is 1.93. The third-order valence-corrected chi connectivity index (χ3v) is 1.93. The van der Waals surface area contributed by atoms with Gasteiger partial charge in [0.2, 0.25) is 0 Å². The van der Waals surface area contributed by atoms with Crippen molar-refractivity contribution in [2.45, 2.75) is 13.3 Å². The van der Waals surface area contributed by atoms with Crippen molar-refractivity contribution in [3.8, 4) is 11.5 Å². The van der Waals surface area contributed by atoms with Gasteiger partial charge < -0.3 is 20.4 Å². The van der Waals surface area contributed by atoms with Gasteiger partial charge in [-0.1, -0.05) is 0 Å². The van der Waals surface area contributed by atoms with Crippen LogP contribution in [0, 0.1) is 5.41 Å². The molecule has 0 unspecified atom stereocenters. The number of aromatic hydroxyl groups is 2. The molecule has 0 saturated carbocycles. The molecule has 0 fully saturated rings. The van der Waals surface area contributed by atoms with Crippen molar-refractivity contribution in [2.24, 2.45) is 0 Å². The van der Waals surface area contributed by atoms with Crippen molar-refractivity contribution in [3.63, 3.8) is 0 Å². The summed E-state index contributed by atoms with van der Waals surface area (Å²) in [7, 11) is 0. The lowest BCUT2D eigenvalue weighted by atomic mass is 10.1. The van der Waals surface area contributed by atoms with Crippen LogP contribution in [-0.4, -0.2) is 28.5 Å². The van der Waals surface area contributed by atoms with Crippen LogP contribution in [0.15, 0.2) is 18.2 Å². The smallest absolute Gasteiger partial charge is 0.311 e. The second kappa shape index (κ2) is 5.16. The fourth-order valence-electron chi connectivity index (χ4n) is 1.23. The molecule has 0 heterocycles. The number of carbonyl (C=O) groups is 1. The van der Waals surface area contributed by atoms with Gasteiger partial charge in [0.1, 0.15) is 11.5 Å². The predicted octanol–water partition coefficient (Wildman–Crippen LogP) is 1.42. The summed E-state index contributed by atoms with van der Waals surface area (Å²) >= 11 is 0. The highest BCUT2D eigenvalue weighted by Gasteiger charge is 2.12. The van der Waals surface area contributed by atoms with Gasteiger partial charge in [-0.2, -0.15) is 0 Å². The maximum Gasteiger partial charge on any atom is 0.311 e. The second-order valence-electron chi connectivity index (χ2n) is 3.16. The van der Waals surface area contributed by atoms with E-state index in [0.717, 1.165) is 6.07 Å². The molecule has 1 aromatic rings. The molecule has 1 aromatic carbocycles. The molecule has 5 heteroatoms. The maximum atomic E-state index is 11.1. The molecule has 16 heavy (non-hydrogen) atoms. The van der Waals surface area contributed by atoms with Gasteiger partial charge in [0.25, 0.3) is 0 Å². The van der Waals surface area contributed by atoms with E-state index >= 15 is 0 Å². The zero-order chi connectivity index (χ0) is 12.1. The summed E-state index contributed by atoms with van der Waals surface area (Å²) < 4.78 is 4.69. The van der Waals surface area contributed by atoms with E-state index in [-0.39, 0.29) is 35.8 Å². The molecule has 0 radical (unpaired) electrons. The largest absolute Gasteiger partial charge is 0.508 e. The van der Waals surface area contributed by atoms with Gasteiger partial charge in [-0.15, -0.1) is 0 Å². The van der Waals surface area contributed by atoms with E-state index in [2.05, 4.69) is 4.74 Å². The molecule has 0 amide bonds. The highest BCUT2D eigenvalue weighted by molar-refractivity contribution is 6.09. The summed E-state index contributed by atoms with van der Waals surface area (Å²) in [6.07, 6.45) is -0.202. The number of hydrogen-bond acceptors (Lipinski definition) is 5. The van der Waals surface area contributed by atoms with E-state index in [0.29, 0.717) is 0 Å². The van der Waals surface area contributed by atoms with E-state index in [1.165, 1.54) is 12.1 Å². The number of ether oxygens (including phenoxy) is 1. The molecule has 0 aliphatic heterocycles. The lowest BCUT2D eigenvalue weighted by molar-refractivity contribution is -0.141. The van der Waals surface area contributed by atoms with Crippen molar-refractivity contribution in [2.75, 3.05) is 6.61 Å². The molecular weight excluding hydrogens is 210 g/mol. The number of rotatable bonds is 4.